The number of carbonyl (C=O) groups excluding carboxylic acids is 1. The number of sulfone groups is 1. The van der Waals surface area contributed by atoms with Gasteiger partial charge in [-0.1, -0.05) is 18.2 Å². The molecule has 1 amide bonds. The largest absolute Gasteiger partial charge is 0.333 e. The maximum atomic E-state index is 12.5. The van der Waals surface area contributed by atoms with Crippen molar-refractivity contribution in [2.24, 2.45) is 0 Å². The van der Waals surface area contributed by atoms with Crippen LogP contribution in [0.5, 0.6) is 0 Å². The molecule has 6 nitrogen and oxygen atoms in total. The number of hydrogen-bond acceptors (Lipinski definition) is 5. The van der Waals surface area contributed by atoms with Crippen molar-refractivity contribution in [3.63, 3.8) is 0 Å². The molecule has 1 aromatic carbocycles. The summed E-state index contributed by atoms with van der Waals surface area (Å²) in [5.41, 5.74) is 0.247. The second kappa shape index (κ2) is 6.45. The van der Waals surface area contributed by atoms with Crippen molar-refractivity contribution in [1.29, 1.82) is 0 Å². The fraction of sp³-hybridized carbons (Fsp3) is 0.312. The Balaban J connectivity index is 1.79. The monoisotopic (exact) mass is 331 g/mol. The lowest BCUT2D eigenvalue weighted by molar-refractivity contribution is 0.0743. The Bertz CT molecular complexity index is 779. The maximum absolute atomic E-state index is 12.5. The molecule has 0 radical (unpaired) electrons. The molecule has 1 fully saturated rings. The van der Waals surface area contributed by atoms with Gasteiger partial charge >= 0.3 is 0 Å². The topological polar surface area (TPSA) is 80.2 Å². The molecule has 120 valence electrons. The van der Waals surface area contributed by atoms with Crippen molar-refractivity contribution in [2.45, 2.75) is 23.8 Å². The Labute approximate surface area is 135 Å². The van der Waals surface area contributed by atoms with Gasteiger partial charge < -0.3 is 4.90 Å². The summed E-state index contributed by atoms with van der Waals surface area (Å²) in [7, 11) is -3.42. The van der Waals surface area contributed by atoms with Crippen LogP contribution in [0.1, 0.15) is 23.3 Å². The highest BCUT2D eigenvalue weighted by molar-refractivity contribution is 7.91. The Morgan fingerprint density at radius 1 is 1.22 bits per heavy atom. The molecule has 0 aliphatic carbocycles. The van der Waals surface area contributed by atoms with Gasteiger partial charge in [0, 0.05) is 25.0 Å². The lowest BCUT2D eigenvalue weighted by Crippen LogP contribution is -2.40. The van der Waals surface area contributed by atoms with Crippen LogP contribution in [0.2, 0.25) is 0 Å². The van der Waals surface area contributed by atoms with Gasteiger partial charge in [-0.05, 0) is 25.0 Å². The molecule has 1 saturated heterocycles. The lowest BCUT2D eigenvalue weighted by Gasteiger charge is -2.24. The number of rotatable bonds is 4. The molecule has 1 aliphatic rings. The molecule has 2 heterocycles. The molecule has 0 unspecified atom stereocenters. The quantitative estimate of drug-likeness (QED) is 0.849. The van der Waals surface area contributed by atoms with E-state index >= 15 is 0 Å². The summed E-state index contributed by atoms with van der Waals surface area (Å²) in [6.45, 7) is 0.546. The number of benzene rings is 1. The zero-order valence-electron chi connectivity index (χ0n) is 12.5. The number of hydrogen-bond donors (Lipinski definition) is 0. The number of carbonyl (C=O) groups is 1. The van der Waals surface area contributed by atoms with Gasteiger partial charge in [0.2, 0.25) is 0 Å². The molecule has 2 aromatic rings. The molecule has 0 saturated carbocycles. The van der Waals surface area contributed by atoms with E-state index in [9.17, 15) is 13.2 Å². The Morgan fingerprint density at radius 2 is 2.00 bits per heavy atom. The van der Waals surface area contributed by atoms with E-state index in [0.29, 0.717) is 17.9 Å². The summed E-state index contributed by atoms with van der Waals surface area (Å²) >= 11 is 0. The summed E-state index contributed by atoms with van der Waals surface area (Å²) < 4.78 is 25.1. The third kappa shape index (κ3) is 3.39. The third-order valence-corrected chi connectivity index (χ3v) is 5.75. The first-order chi connectivity index (χ1) is 11.1. The Morgan fingerprint density at radius 3 is 2.70 bits per heavy atom. The number of likely N-dealkylation sites (tertiary alicyclic amines) is 1. The molecular weight excluding hydrogens is 314 g/mol. The molecule has 23 heavy (non-hydrogen) atoms. The van der Waals surface area contributed by atoms with Crippen LogP contribution in [-0.4, -0.2) is 47.5 Å². The fourth-order valence-corrected chi connectivity index (χ4v) is 4.43. The van der Waals surface area contributed by atoms with E-state index in [2.05, 4.69) is 9.97 Å². The van der Waals surface area contributed by atoms with Gasteiger partial charge in [-0.3, -0.25) is 9.78 Å². The summed E-state index contributed by atoms with van der Waals surface area (Å²) in [5.74, 6) is -0.327. The molecule has 7 heteroatoms. The zero-order valence-corrected chi connectivity index (χ0v) is 13.3. The minimum Gasteiger partial charge on any atom is -0.333 e. The van der Waals surface area contributed by atoms with Crippen molar-refractivity contribution in [3.8, 4) is 0 Å². The van der Waals surface area contributed by atoms with Crippen LogP contribution in [0, 0.1) is 0 Å². The first kappa shape index (κ1) is 15.6. The second-order valence-electron chi connectivity index (χ2n) is 5.48. The van der Waals surface area contributed by atoms with E-state index in [1.54, 1.807) is 35.2 Å². The van der Waals surface area contributed by atoms with Crippen LogP contribution in [0.15, 0.2) is 53.8 Å². The summed E-state index contributed by atoms with van der Waals surface area (Å²) in [5, 5.41) is 0. The number of amides is 1. The summed E-state index contributed by atoms with van der Waals surface area (Å²) in [4.78, 5) is 22.3. The van der Waals surface area contributed by atoms with E-state index in [0.717, 1.165) is 6.42 Å². The first-order valence-corrected chi connectivity index (χ1v) is 9.08. The zero-order chi connectivity index (χ0) is 16.3. The molecule has 3 rings (SSSR count). The highest BCUT2D eigenvalue weighted by Gasteiger charge is 2.33. The van der Waals surface area contributed by atoms with Crippen LogP contribution in [0.3, 0.4) is 0 Å². The van der Waals surface area contributed by atoms with E-state index < -0.39 is 9.84 Å². The molecule has 0 N–H and O–H groups in total. The van der Waals surface area contributed by atoms with Crippen molar-refractivity contribution in [3.05, 3.63) is 54.6 Å². The molecule has 1 atom stereocenters. The minimum atomic E-state index is -3.42. The van der Waals surface area contributed by atoms with Crippen molar-refractivity contribution < 1.29 is 13.2 Å². The van der Waals surface area contributed by atoms with E-state index in [1.807, 2.05) is 0 Å². The van der Waals surface area contributed by atoms with Gasteiger partial charge in [0.15, 0.2) is 9.84 Å². The summed E-state index contributed by atoms with van der Waals surface area (Å²) in [6.07, 6.45) is 5.83. The minimum absolute atomic E-state index is 0.0665. The van der Waals surface area contributed by atoms with Crippen molar-refractivity contribution >= 4 is 15.7 Å². The Kier molecular flexibility index (Phi) is 4.38. The van der Waals surface area contributed by atoms with Crippen LogP contribution in [0.25, 0.3) is 0 Å². The lowest BCUT2D eigenvalue weighted by atomic mass is 10.2. The highest BCUT2D eigenvalue weighted by Crippen LogP contribution is 2.23. The van der Waals surface area contributed by atoms with Gasteiger partial charge in [0.05, 0.1) is 16.8 Å². The van der Waals surface area contributed by atoms with Crippen molar-refractivity contribution in [2.75, 3.05) is 12.3 Å². The van der Waals surface area contributed by atoms with E-state index in [1.165, 1.54) is 18.6 Å². The van der Waals surface area contributed by atoms with Crippen LogP contribution in [-0.2, 0) is 9.84 Å². The third-order valence-electron chi connectivity index (χ3n) is 3.93. The Hall–Kier alpha value is -2.28. The molecule has 0 spiro atoms. The van der Waals surface area contributed by atoms with Crippen molar-refractivity contribution in [1.82, 2.24) is 14.9 Å². The predicted octanol–water partition coefficient (Wildman–Crippen LogP) is 1.56. The molecule has 1 aliphatic heterocycles. The summed E-state index contributed by atoms with van der Waals surface area (Å²) in [6, 6.07) is 8.01. The van der Waals surface area contributed by atoms with Crippen LogP contribution < -0.4 is 0 Å². The molecular formula is C16H17N3O3S. The number of aromatic nitrogens is 2. The average molecular weight is 331 g/mol. The molecule has 1 aromatic heterocycles. The first-order valence-electron chi connectivity index (χ1n) is 7.43. The fourth-order valence-electron chi connectivity index (χ4n) is 2.81. The smallest absolute Gasteiger partial charge is 0.274 e. The van der Waals surface area contributed by atoms with Gasteiger partial charge in [0.1, 0.15) is 5.69 Å². The average Bonchev–Trinajstić information content (AvgIpc) is 3.03. The van der Waals surface area contributed by atoms with E-state index in [-0.39, 0.29) is 23.4 Å². The normalized spacial score (nSPS) is 18.1. The number of nitrogens with zero attached hydrogens (tertiary/aromatic N) is 3. The highest BCUT2D eigenvalue weighted by atomic mass is 32.2. The van der Waals surface area contributed by atoms with Gasteiger partial charge in [-0.25, -0.2) is 13.4 Å². The maximum Gasteiger partial charge on any atom is 0.274 e. The second-order valence-corrected chi connectivity index (χ2v) is 7.51. The molecule has 0 bridgehead atoms. The van der Waals surface area contributed by atoms with Gasteiger partial charge in [0.25, 0.3) is 5.91 Å². The standard InChI is InChI=1S/C16H17N3O3S/c20-16(15-11-17-8-9-18-15)19-10-4-5-13(19)12-23(21,22)14-6-2-1-3-7-14/h1-3,6-9,11,13H,4-5,10,12H2/t13-/m0/s1. The van der Waals surface area contributed by atoms with Gasteiger partial charge in [-0.2, -0.15) is 0 Å². The SMILES string of the molecule is O=C(c1cnccn1)N1CCC[C@H]1CS(=O)(=O)c1ccccc1. The van der Waals surface area contributed by atoms with Gasteiger partial charge in [-0.15, -0.1) is 0 Å². The van der Waals surface area contributed by atoms with Crippen LogP contribution >= 0.6 is 0 Å². The van der Waals surface area contributed by atoms with E-state index in [4.69, 9.17) is 0 Å². The predicted molar refractivity (Wildman–Crippen MR) is 84.6 cm³/mol. The van der Waals surface area contributed by atoms with Crippen LogP contribution in [0.4, 0.5) is 0 Å².